The number of hydrogen-bond acceptors (Lipinski definition) is 4. The lowest BCUT2D eigenvalue weighted by molar-refractivity contribution is -0.140. The van der Waals surface area contributed by atoms with Crippen LogP contribution in [0.15, 0.2) is 79.0 Å². The number of carbonyl (C=O) groups is 2. The zero-order valence-electron chi connectivity index (χ0n) is 19.8. The van der Waals surface area contributed by atoms with E-state index in [1.54, 1.807) is 13.0 Å². The van der Waals surface area contributed by atoms with Crippen LogP contribution in [0.2, 0.25) is 10.0 Å². The van der Waals surface area contributed by atoms with Crippen LogP contribution in [0, 0.1) is 0 Å². The molecule has 7 nitrogen and oxygen atoms in total. The van der Waals surface area contributed by atoms with Crippen LogP contribution >= 0.6 is 23.2 Å². The summed E-state index contributed by atoms with van der Waals surface area (Å²) in [4.78, 5) is 24.2. The number of amides is 1. The molecule has 0 saturated heterocycles. The maximum Gasteiger partial charge on any atom is 0.413 e. The van der Waals surface area contributed by atoms with Crippen molar-refractivity contribution in [2.24, 2.45) is 0 Å². The molecule has 0 bridgehead atoms. The maximum atomic E-state index is 12.6. The van der Waals surface area contributed by atoms with Gasteiger partial charge in [0.05, 0.1) is 17.3 Å². The zero-order chi connectivity index (χ0) is 26.2. The minimum absolute atomic E-state index is 0.263. The first-order valence-electron chi connectivity index (χ1n) is 11.7. The van der Waals surface area contributed by atoms with Crippen molar-refractivity contribution >= 4 is 41.1 Å². The van der Waals surface area contributed by atoms with Gasteiger partial charge >= 0.3 is 12.1 Å². The van der Waals surface area contributed by atoms with Crippen LogP contribution in [-0.4, -0.2) is 26.9 Å². The first-order chi connectivity index (χ1) is 17.8. The number of nitrogens with zero attached hydrogens (tertiary/aromatic N) is 2. The molecule has 5 rings (SSSR count). The Labute approximate surface area is 223 Å². The number of aliphatic carboxylic acids is 1. The molecule has 2 N–H and O–H groups in total. The number of ether oxygens (including phenoxy) is 1. The number of nitrogens with one attached hydrogen (secondary N) is 1. The third-order valence-electron chi connectivity index (χ3n) is 6.60. The van der Waals surface area contributed by atoms with E-state index in [0.717, 1.165) is 22.3 Å². The minimum atomic E-state index is -0.818. The second-order valence-corrected chi connectivity index (χ2v) is 9.78. The van der Waals surface area contributed by atoms with Gasteiger partial charge in [0.15, 0.2) is 5.82 Å². The van der Waals surface area contributed by atoms with Crippen molar-refractivity contribution < 1.29 is 19.4 Å². The van der Waals surface area contributed by atoms with Gasteiger partial charge in [-0.25, -0.2) is 9.48 Å². The summed E-state index contributed by atoms with van der Waals surface area (Å²) in [7, 11) is 0. The number of aromatic nitrogens is 2. The number of carbonyl (C=O) groups excluding carboxylic acids is 1. The summed E-state index contributed by atoms with van der Waals surface area (Å²) in [6, 6.07) is 22.2. The second kappa shape index (κ2) is 9.92. The highest BCUT2D eigenvalue weighted by Gasteiger charge is 2.51. The number of carboxylic acid groups (broad SMARTS) is 1. The number of rotatable bonds is 7. The Morgan fingerprint density at radius 3 is 2.35 bits per heavy atom. The van der Waals surface area contributed by atoms with Crippen molar-refractivity contribution in [1.29, 1.82) is 0 Å². The van der Waals surface area contributed by atoms with Crippen molar-refractivity contribution in [2.75, 3.05) is 5.32 Å². The van der Waals surface area contributed by atoms with E-state index in [9.17, 15) is 14.7 Å². The topological polar surface area (TPSA) is 93.5 Å². The molecule has 1 aliphatic rings. The van der Waals surface area contributed by atoms with Crippen molar-refractivity contribution in [1.82, 2.24) is 9.78 Å². The summed E-state index contributed by atoms with van der Waals surface area (Å²) in [5.41, 5.74) is 3.08. The summed E-state index contributed by atoms with van der Waals surface area (Å²) in [5.74, 6) is -0.535. The number of hydrogen-bond donors (Lipinski definition) is 2. The van der Waals surface area contributed by atoms with Crippen molar-refractivity contribution in [3.8, 4) is 16.8 Å². The smallest absolute Gasteiger partial charge is 0.413 e. The molecule has 1 aliphatic carbocycles. The highest BCUT2D eigenvalue weighted by Crippen LogP contribution is 2.49. The molecule has 1 heterocycles. The fraction of sp³-hybridized carbons (Fsp3) is 0.179. The minimum Gasteiger partial charge on any atom is -0.481 e. The summed E-state index contributed by atoms with van der Waals surface area (Å²) in [6.07, 6.45) is 1.58. The molecule has 188 valence electrons. The van der Waals surface area contributed by atoms with E-state index >= 15 is 0 Å². The van der Waals surface area contributed by atoms with Gasteiger partial charge in [-0.15, -0.1) is 0 Å². The molecule has 0 unspecified atom stereocenters. The molecule has 0 spiro atoms. The average molecular weight is 536 g/mol. The molecule has 1 saturated carbocycles. The SMILES string of the molecule is C[C@@H](OC(=O)Nc1c(Cl)cnn1-c1ccc(-c2ccc(C3(C(=O)O)CC3)cc2Cl)cc1)c1ccccc1. The van der Waals surface area contributed by atoms with Crippen LogP contribution in [0.4, 0.5) is 10.6 Å². The second-order valence-electron chi connectivity index (χ2n) is 8.96. The predicted octanol–water partition coefficient (Wildman–Crippen LogP) is 7.27. The Morgan fingerprint density at radius 1 is 1.03 bits per heavy atom. The van der Waals surface area contributed by atoms with Crippen LogP contribution in [-0.2, 0) is 14.9 Å². The Balaban J connectivity index is 1.33. The third kappa shape index (κ3) is 4.92. The van der Waals surface area contributed by atoms with Gasteiger partial charge in [0, 0.05) is 10.6 Å². The molecule has 3 aromatic carbocycles. The van der Waals surface area contributed by atoms with Crippen molar-refractivity contribution in [3.63, 3.8) is 0 Å². The number of anilines is 1. The molecule has 1 amide bonds. The number of halogens is 2. The van der Waals surface area contributed by atoms with E-state index in [1.807, 2.05) is 66.7 Å². The van der Waals surface area contributed by atoms with Crippen LogP contribution in [0.5, 0.6) is 0 Å². The van der Waals surface area contributed by atoms with Crippen molar-refractivity contribution in [2.45, 2.75) is 31.3 Å². The van der Waals surface area contributed by atoms with Crippen LogP contribution in [0.25, 0.3) is 16.8 Å². The van der Waals surface area contributed by atoms with E-state index < -0.39 is 23.6 Å². The molecule has 9 heteroatoms. The van der Waals surface area contributed by atoms with Gasteiger partial charge in [0.2, 0.25) is 0 Å². The molecule has 1 aromatic heterocycles. The van der Waals surface area contributed by atoms with E-state index in [-0.39, 0.29) is 10.8 Å². The average Bonchev–Trinajstić information content (AvgIpc) is 3.64. The lowest BCUT2D eigenvalue weighted by Gasteiger charge is -2.15. The Bertz CT molecular complexity index is 1460. The zero-order valence-corrected chi connectivity index (χ0v) is 21.3. The first kappa shape index (κ1) is 24.9. The van der Waals surface area contributed by atoms with Gasteiger partial charge in [-0.1, -0.05) is 77.8 Å². The Kier molecular flexibility index (Phi) is 6.67. The van der Waals surface area contributed by atoms with E-state index in [1.165, 1.54) is 10.9 Å². The highest BCUT2D eigenvalue weighted by molar-refractivity contribution is 6.33. The lowest BCUT2D eigenvalue weighted by atomic mass is 9.93. The molecule has 0 aliphatic heterocycles. The molecule has 0 radical (unpaired) electrons. The normalized spacial score (nSPS) is 14.6. The molecular formula is C28H23Cl2N3O4. The summed E-state index contributed by atoms with van der Waals surface area (Å²) in [6.45, 7) is 1.79. The standard InChI is InChI=1S/C28H23Cl2N3O4/c1-17(18-5-3-2-4-6-18)37-27(36)32-25-24(30)16-31-33(25)21-10-7-19(8-11-21)22-12-9-20(15-23(22)29)28(13-14-28)26(34)35/h2-12,15-17H,13-14H2,1H3,(H,32,36)(H,34,35)/t17-/m1/s1. The first-order valence-corrected chi connectivity index (χ1v) is 12.4. The molecule has 1 fully saturated rings. The highest BCUT2D eigenvalue weighted by atomic mass is 35.5. The predicted molar refractivity (Wildman–Crippen MR) is 143 cm³/mol. The van der Waals surface area contributed by atoms with Gasteiger partial charge < -0.3 is 9.84 Å². The number of benzene rings is 3. The van der Waals surface area contributed by atoms with Gasteiger partial charge in [0.1, 0.15) is 11.1 Å². The summed E-state index contributed by atoms with van der Waals surface area (Å²) < 4.78 is 7.01. The van der Waals surface area contributed by atoms with Crippen LogP contribution in [0.3, 0.4) is 0 Å². The Hall–Kier alpha value is -3.81. The van der Waals surface area contributed by atoms with Gasteiger partial charge in [0.25, 0.3) is 0 Å². The molecule has 1 atom stereocenters. The van der Waals surface area contributed by atoms with E-state index in [2.05, 4.69) is 10.4 Å². The maximum absolute atomic E-state index is 12.6. The summed E-state index contributed by atoms with van der Waals surface area (Å²) >= 11 is 12.8. The fourth-order valence-corrected chi connectivity index (χ4v) is 4.76. The lowest BCUT2D eigenvalue weighted by Crippen LogP contribution is -2.19. The van der Waals surface area contributed by atoms with Crippen molar-refractivity contribution in [3.05, 3.63) is 100 Å². The number of carboxylic acids is 1. The fourth-order valence-electron chi connectivity index (χ4n) is 4.30. The van der Waals surface area contributed by atoms with Gasteiger partial charge in [-0.3, -0.25) is 10.1 Å². The van der Waals surface area contributed by atoms with E-state index in [4.69, 9.17) is 27.9 Å². The van der Waals surface area contributed by atoms with Gasteiger partial charge in [-0.2, -0.15) is 5.10 Å². The van der Waals surface area contributed by atoms with Crippen LogP contribution in [0.1, 0.15) is 37.0 Å². The molecular weight excluding hydrogens is 513 g/mol. The molecule has 37 heavy (non-hydrogen) atoms. The van der Waals surface area contributed by atoms with Gasteiger partial charge in [-0.05, 0) is 54.7 Å². The quantitative estimate of drug-likeness (QED) is 0.259. The monoisotopic (exact) mass is 535 g/mol. The summed E-state index contributed by atoms with van der Waals surface area (Å²) in [5, 5.41) is 17.3. The van der Waals surface area contributed by atoms with Crippen LogP contribution < -0.4 is 5.32 Å². The Morgan fingerprint density at radius 2 is 1.73 bits per heavy atom. The third-order valence-corrected chi connectivity index (χ3v) is 7.19. The molecule has 4 aromatic rings. The largest absolute Gasteiger partial charge is 0.481 e. The van der Waals surface area contributed by atoms with E-state index in [0.29, 0.717) is 23.6 Å².